The molecular weight excluding hydrogens is 260 g/mol. The van der Waals surface area contributed by atoms with Crippen molar-refractivity contribution in [3.8, 4) is 0 Å². The molecule has 0 unspecified atom stereocenters. The van der Waals surface area contributed by atoms with E-state index in [-0.39, 0.29) is 0 Å². The average molecular weight is 284 g/mol. The lowest BCUT2D eigenvalue weighted by Gasteiger charge is -2.03. The molecule has 1 aromatic carbocycles. The van der Waals surface area contributed by atoms with Gasteiger partial charge in [0.05, 0.1) is 12.2 Å². The monoisotopic (exact) mass is 284 g/mol. The topological polar surface area (TPSA) is 38.1 Å². The van der Waals surface area contributed by atoms with Gasteiger partial charge >= 0.3 is 0 Å². The van der Waals surface area contributed by atoms with Crippen molar-refractivity contribution >= 4 is 6.08 Å². The summed E-state index contributed by atoms with van der Waals surface area (Å²) in [5.74, 6) is 1.50. The summed E-state index contributed by atoms with van der Waals surface area (Å²) in [6, 6.07) is 12.4. The van der Waals surface area contributed by atoms with Gasteiger partial charge in [0.1, 0.15) is 0 Å². The summed E-state index contributed by atoms with van der Waals surface area (Å²) in [4.78, 5) is 0. The van der Waals surface area contributed by atoms with Crippen LogP contribution in [0, 0.1) is 5.92 Å². The van der Waals surface area contributed by atoms with E-state index in [1.54, 1.807) is 0 Å². The van der Waals surface area contributed by atoms with Crippen LogP contribution in [0.3, 0.4) is 0 Å². The van der Waals surface area contributed by atoms with Crippen LogP contribution in [-0.4, -0.2) is 11.7 Å². The van der Waals surface area contributed by atoms with Crippen LogP contribution in [-0.2, 0) is 13.0 Å². The summed E-state index contributed by atoms with van der Waals surface area (Å²) in [6.07, 6.45) is 3.16. The van der Waals surface area contributed by atoms with Gasteiger partial charge in [-0.1, -0.05) is 61.0 Å². The highest BCUT2D eigenvalue weighted by atomic mass is 16.5. The van der Waals surface area contributed by atoms with Crippen LogP contribution in [0.15, 0.2) is 46.5 Å². The Bertz CT molecular complexity index is 570. The van der Waals surface area contributed by atoms with Crippen LogP contribution in [0.5, 0.6) is 0 Å². The first kappa shape index (κ1) is 15.5. The summed E-state index contributed by atoms with van der Waals surface area (Å²) in [6.45, 7) is 8.05. The zero-order valence-electron chi connectivity index (χ0n) is 13.1. The van der Waals surface area contributed by atoms with Gasteiger partial charge in [-0.2, -0.15) is 0 Å². The molecule has 21 heavy (non-hydrogen) atoms. The zero-order valence-corrected chi connectivity index (χ0v) is 13.1. The lowest BCUT2D eigenvalue weighted by molar-refractivity contribution is 0.367. The predicted octanol–water partition coefficient (Wildman–Crippen LogP) is 4.07. The van der Waals surface area contributed by atoms with E-state index < -0.39 is 0 Å². The average Bonchev–Trinajstić information content (AvgIpc) is 2.86. The van der Waals surface area contributed by atoms with Gasteiger partial charge in [0.25, 0.3) is 0 Å². The fourth-order valence-electron chi connectivity index (χ4n) is 2.22. The first-order valence-electron chi connectivity index (χ1n) is 7.51. The van der Waals surface area contributed by atoms with Crippen LogP contribution in [0.2, 0.25) is 0 Å². The second-order valence-electron chi connectivity index (χ2n) is 5.89. The molecule has 1 aromatic heterocycles. The third kappa shape index (κ3) is 5.56. The van der Waals surface area contributed by atoms with E-state index in [0.29, 0.717) is 12.5 Å². The van der Waals surface area contributed by atoms with Gasteiger partial charge in [-0.3, -0.25) is 0 Å². The van der Waals surface area contributed by atoms with E-state index in [1.165, 1.54) is 11.1 Å². The smallest absolute Gasteiger partial charge is 0.150 e. The van der Waals surface area contributed by atoms with E-state index in [0.717, 1.165) is 24.4 Å². The molecule has 0 atom stereocenters. The molecular formula is C18H24N2O. The van der Waals surface area contributed by atoms with E-state index >= 15 is 0 Å². The number of nitrogens with one attached hydrogen (secondary N) is 1. The molecule has 3 nitrogen and oxygen atoms in total. The van der Waals surface area contributed by atoms with Gasteiger partial charge < -0.3 is 9.84 Å². The number of benzene rings is 1. The molecule has 1 heterocycles. The second kappa shape index (κ2) is 7.79. The van der Waals surface area contributed by atoms with Crippen LogP contribution in [0.25, 0.3) is 6.08 Å². The molecule has 0 saturated carbocycles. The van der Waals surface area contributed by atoms with Crippen molar-refractivity contribution in [3.05, 3.63) is 59.0 Å². The molecule has 0 radical (unpaired) electrons. The Labute approximate surface area is 127 Å². The lowest BCUT2D eigenvalue weighted by atomic mass is 10.1. The van der Waals surface area contributed by atoms with Crippen LogP contribution >= 0.6 is 0 Å². The minimum atomic E-state index is 0.604. The first-order valence-corrected chi connectivity index (χ1v) is 7.51. The Morgan fingerprint density at radius 1 is 1.29 bits per heavy atom. The maximum absolute atomic E-state index is 5.33. The molecule has 0 aliphatic rings. The summed E-state index contributed by atoms with van der Waals surface area (Å²) in [5, 5.41) is 7.48. The van der Waals surface area contributed by atoms with Crippen molar-refractivity contribution in [1.29, 1.82) is 0 Å². The molecule has 112 valence electrons. The van der Waals surface area contributed by atoms with Gasteiger partial charge in [0.2, 0.25) is 0 Å². The maximum atomic E-state index is 5.33. The molecule has 0 fully saturated rings. The third-order valence-electron chi connectivity index (χ3n) is 3.14. The van der Waals surface area contributed by atoms with Crippen molar-refractivity contribution in [3.63, 3.8) is 0 Å². The standard InChI is InChI=1S/C18H24N2O/c1-14(2)9-17-11-18(21-20-17)13-19-12-15(3)10-16-7-5-4-6-8-16/h4-8,10-11,14,19H,9,12-13H2,1-3H3. The molecule has 0 saturated heterocycles. The van der Waals surface area contributed by atoms with Gasteiger partial charge in [-0.25, -0.2) is 0 Å². The minimum absolute atomic E-state index is 0.604. The summed E-state index contributed by atoms with van der Waals surface area (Å²) in [5.41, 5.74) is 3.57. The lowest BCUT2D eigenvalue weighted by Crippen LogP contribution is -2.15. The first-order chi connectivity index (χ1) is 10.1. The summed E-state index contributed by atoms with van der Waals surface area (Å²) < 4.78 is 5.33. The second-order valence-corrected chi connectivity index (χ2v) is 5.89. The van der Waals surface area contributed by atoms with E-state index in [4.69, 9.17) is 4.52 Å². The Kier molecular flexibility index (Phi) is 5.76. The maximum Gasteiger partial charge on any atom is 0.150 e. The Balaban J connectivity index is 1.78. The number of rotatable bonds is 7. The highest BCUT2D eigenvalue weighted by Crippen LogP contribution is 2.09. The number of hydrogen-bond donors (Lipinski definition) is 1. The van der Waals surface area contributed by atoms with Gasteiger partial charge in [-0.15, -0.1) is 0 Å². The predicted molar refractivity (Wildman–Crippen MR) is 86.8 cm³/mol. The molecule has 0 amide bonds. The Hall–Kier alpha value is -1.87. The van der Waals surface area contributed by atoms with Crippen LogP contribution < -0.4 is 5.32 Å². The zero-order chi connectivity index (χ0) is 15.1. The molecule has 0 bridgehead atoms. The van der Waals surface area contributed by atoms with E-state index in [1.807, 2.05) is 12.1 Å². The van der Waals surface area contributed by atoms with Gasteiger partial charge in [0, 0.05) is 12.6 Å². The van der Waals surface area contributed by atoms with Crippen molar-refractivity contribution in [2.45, 2.75) is 33.7 Å². The van der Waals surface area contributed by atoms with E-state index in [9.17, 15) is 0 Å². The minimum Gasteiger partial charge on any atom is -0.360 e. The fraction of sp³-hybridized carbons (Fsp3) is 0.389. The summed E-state index contributed by atoms with van der Waals surface area (Å²) >= 11 is 0. The van der Waals surface area contributed by atoms with Crippen molar-refractivity contribution in [2.75, 3.05) is 6.54 Å². The molecule has 1 N–H and O–H groups in total. The SMILES string of the molecule is CC(=Cc1ccccc1)CNCc1cc(CC(C)C)no1. The Morgan fingerprint density at radius 2 is 2.05 bits per heavy atom. The molecule has 0 spiro atoms. The van der Waals surface area contributed by atoms with Crippen LogP contribution in [0.1, 0.15) is 37.8 Å². The largest absolute Gasteiger partial charge is 0.360 e. The molecule has 3 heteroatoms. The van der Waals surface area contributed by atoms with E-state index in [2.05, 4.69) is 61.6 Å². The highest BCUT2D eigenvalue weighted by molar-refractivity contribution is 5.52. The van der Waals surface area contributed by atoms with Crippen molar-refractivity contribution in [1.82, 2.24) is 10.5 Å². The van der Waals surface area contributed by atoms with Crippen molar-refractivity contribution < 1.29 is 4.52 Å². The highest BCUT2D eigenvalue weighted by Gasteiger charge is 2.05. The number of hydrogen-bond acceptors (Lipinski definition) is 3. The van der Waals surface area contributed by atoms with Crippen LogP contribution in [0.4, 0.5) is 0 Å². The van der Waals surface area contributed by atoms with Crippen molar-refractivity contribution in [2.24, 2.45) is 5.92 Å². The normalized spacial score (nSPS) is 12.1. The number of aromatic nitrogens is 1. The Morgan fingerprint density at radius 3 is 2.76 bits per heavy atom. The molecule has 2 rings (SSSR count). The quantitative estimate of drug-likeness (QED) is 0.833. The molecule has 0 aliphatic carbocycles. The third-order valence-corrected chi connectivity index (χ3v) is 3.14. The number of nitrogens with zero attached hydrogens (tertiary/aromatic N) is 1. The van der Waals surface area contributed by atoms with Gasteiger partial charge in [-0.05, 0) is 24.8 Å². The fourth-order valence-corrected chi connectivity index (χ4v) is 2.22. The summed E-state index contributed by atoms with van der Waals surface area (Å²) in [7, 11) is 0. The molecule has 0 aliphatic heterocycles. The molecule has 2 aromatic rings. The van der Waals surface area contributed by atoms with Gasteiger partial charge in [0.15, 0.2) is 5.76 Å².